The fourth-order valence-electron chi connectivity index (χ4n) is 3.26. The topological polar surface area (TPSA) is 57.9 Å². The summed E-state index contributed by atoms with van der Waals surface area (Å²) in [5, 5.41) is 0.822. The number of nitrogens with one attached hydrogen (secondary N) is 1. The first kappa shape index (κ1) is 14.2. The number of rotatable bonds is 3. The molecule has 2 aromatic heterocycles. The van der Waals surface area contributed by atoms with E-state index in [0.29, 0.717) is 11.3 Å². The second-order valence-electron chi connectivity index (χ2n) is 6.16. The van der Waals surface area contributed by atoms with Crippen LogP contribution in [0.4, 0.5) is 10.1 Å². The number of anilines is 1. The zero-order valence-electron chi connectivity index (χ0n) is 12.8. The average Bonchev–Trinajstić information content (AvgIpc) is 3.18. The van der Waals surface area contributed by atoms with Crippen LogP contribution in [-0.2, 0) is 6.54 Å². The van der Waals surface area contributed by atoms with E-state index in [1.165, 1.54) is 12.8 Å². The van der Waals surface area contributed by atoms with Crippen molar-refractivity contribution in [2.24, 2.45) is 0 Å². The smallest absolute Gasteiger partial charge is 0.139 e. The molecule has 4 rings (SSSR count). The van der Waals surface area contributed by atoms with E-state index in [2.05, 4.69) is 14.9 Å². The molecular formula is C18H19FN4. The van der Waals surface area contributed by atoms with Crippen molar-refractivity contribution < 1.29 is 4.39 Å². The second-order valence-corrected chi connectivity index (χ2v) is 6.16. The maximum atomic E-state index is 14.6. The largest absolute Gasteiger partial charge is 0.397 e. The summed E-state index contributed by atoms with van der Waals surface area (Å²) >= 11 is 0. The van der Waals surface area contributed by atoms with Gasteiger partial charge in [0.2, 0.25) is 0 Å². The van der Waals surface area contributed by atoms with E-state index in [1.807, 2.05) is 18.2 Å². The predicted molar refractivity (Wildman–Crippen MR) is 90.4 cm³/mol. The Hall–Kier alpha value is -2.40. The Morgan fingerprint density at radius 3 is 2.83 bits per heavy atom. The maximum absolute atomic E-state index is 14.6. The molecular weight excluding hydrogens is 291 g/mol. The molecule has 1 aromatic carbocycles. The highest BCUT2D eigenvalue weighted by molar-refractivity contribution is 5.91. The van der Waals surface area contributed by atoms with Crippen LogP contribution in [-0.4, -0.2) is 28.0 Å². The zero-order valence-corrected chi connectivity index (χ0v) is 12.8. The van der Waals surface area contributed by atoms with Crippen molar-refractivity contribution in [2.75, 3.05) is 18.8 Å². The van der Waals surface area contributed by atoms with Crippen LogP contribution in [0.25, 0.3) is 22.2 Å². The van der Waals surface area contributed by atoms with Crippen LogP contribution >= 0.6 is 0 Å². The van der Waals surface area contributed by atoms with Crippen LogP contribution in [0.5, 0.6) is 0 Å². The number of hydrogen-bond donors (Lipinski definition) is 2. The highest BCUT2D eigenvalue weighted by Gasteiger charge is 2.14. The number of benzene rings is 1. The Morgan fingerprint density at radius 2 is 2.04 bits per heavy atom. The van der Waals surface area contributed by atoms with E-state index in [9.17, 15) is 4.39 Å². The quantitative estimate of drug-likeness (QED) is 0.778. The molecule has 1 aliphatic rings. The van der Waals surface area contributed by atoms with Gasteiger partial charge in [0.05, 0.1) is 5.69 Å². The minimum Gasteiger partial charge on any atom is -0.397 e. The van der Waals surface area contributed by atoms with Crippen LogP contribution in [0.1, 0.15) is 18.4 Å². The minimum absolute atomic E-state index is 0.211. The second kappa shape index (κ2) is 5.66. The molecule has 3 heterocycles. The summed E-state index contributed by atoms with van der Waals surface area (Å²) in [5.74, 6) is -0.211. The molecule has 3 N–H and O–H groups in total. The van der Waals surface area contributed by atoms with Gasteiger partial charge in [-0.05, 0) is 43.6 Å². The average molecular weight is 310 g/mol. The number of likely N-dealkylation sites (tertiary alicyclic amines) is 1. The molecule has 0 spiro atoms. The molecule has 0 radical (unpaired) electrons. The summed E-state index contributed by atoms with van der Waals surface area (Å²) in [4.78, 5) is 9.67. The van der Waals surface area contributed by atoms with Crippen LogP contribution in [0.15, 0.2) is 36.7 Å². The van der Waals surface area contributed by atoms with Crippen molar-refractivity contribution in [3.05, 3.63) is 48.0 Å². The van der Waals surface area contributed by atoms with Crippen LogP contribution in [0.3, 0.4) is 0 Å². The van der Waals surface area contributed by atoms with Crippen LogP contribution < -0.4 is 5.73 Å². The van der Waals surface area contributed by atoms with E-state index in [0.717, 1.165) is 41.8 Å². The summed E-state index contributed by atoms with van der Waals surface area (Å²) in [7, 11) is 0. The van der Waals surface area contributed by atoms with Gasteiger partial charge in [0.15, 0.2) is 0 Å². The van der Waals surface area contributed by atoms with E-state index < -0.39 is 0 Å². The predicted octanol–water partition coefficient (Wildman–Crippen LogP) is 3.55. The van der Waals surface area contributed by atoms with Gasteiger partial charge in [-0.2, -0.15) is 0 Å². The molecule has 0 unspecified atom stereocenters. The molecule has 0 atom stereocenters. The number of aromatic amines is 1. The molecule has 5 heteroatoms. The van der Waals surface area contributed by atoms with Crippen molar-refractivity contribution in [2.45, 2.75) is 19.4 Å². The Kier molecular flexibility index (Phi) is 3.50. The highest BCUT2D eigenvalue weighted by atomic mass is 19.1. The third-order valence-electron chi connectivity index (χ3n) is 4.51. The molecule has 4 nitrogen and oxygen atoms in total. The van der Waals surface area contributed by atoms with Gasteiger partial charge in [-0.25, -0.2) is 9.37 Å². The van der Waals surface area contributed by atoms with Gasteiger partial charge < -0.3 is 10.7 Å². The number of fused-ring (bicyclic) bond motifs is 1. The third-order valence-corrected chi connectivity index (χ3v) is 4.51. The fourth-order valence-corrected chi connectivity index (χ4v) is 3.26. The molecule has 0 amide bonds. The number of H-pyrrole nitrogens is 1. The number of halogens is 1. The minimum atomic E-state index is -0.211. The Morgan fingerprint density at radius 1 is 1.22 bits per heavy atom. The lowest BCUT2D eigenvalue weighted by molar-refractivity contribution is 0.331. The molecule has 1 aliphatic heterocycles. The first-order valence-corrected chi connectivity index (χ1v) is 7.94. The van der Waals surface area contributed by atoms with E-state index in [1.54, 1.807) is 18.5 Å². The Balaban J connectivity index is 1.65. The zero-order chi connectivity index (χ0) is 15.8. The molecule has 0 bridgehead atoms. The van der Waals surface area contributed by atoms with Crippen molar-refractivity contribution >= 4 is 16.7 Å². The SMILES string of the molecule is Nc1c[nH]c2ncc(-c3ccc(CN4CCCC4)cc3F)cc12. The van der Waals surface area contributed by atoms with Gasteiger partial charge >= 0.3 is 0 Å². The number of pyridine rings is 1. The van der Waals surface area contributed by atoms with Gasteiger partial charge in [-0.15, -0.1) is 0 Å². The molecule has 23 heavy (non-hydrogen) atoms. The standard InChI is InChI=1S/C18H19FN4/c19-16-7-12(11-23-5-1-2-6-23)3-4-14(16)13-8-15-17(20)10-22-18(15)21-9-13/h3-4,7-10H,1-2,5-6,11,20H2,(H,21,22). The van der Waals surface area contributed by atoms with Crippen LogP contribution in [0.2, 0.25) is 0 Å². The van der Waals surface area contributed by atoms with E-state index in [4.69, 9.17) is 5.73 Å². The number of nitrogens with zero attached hydrogens (tertiary/aromatic N) is 2. The van der Waals surface area contributed by atoms with Crippen molar-refractivity contribution in [1.82, 2.24) is 14.9 Å². The lowest BCUT2D eigenvalue weighted by atomic mass is 10.0. The molecule has 3 aromatic rings. The van der Waals surface area contributed by atoms with Crippen molar-refractivity contribution in [3.8, 4) is 11.1 Å². The number of hydrogen-bond acceptors (Lipinski definition) is 3. The summed E-state index contributed by atoms with van der Waals surface area (Å²) in [6.07, 6.45) is 5.86. The van der Waals surface area contributed by atoms with Gasteiger partial charge in [-0.1, -0.05) is 12.1 Å². The number of nitrogens with two attached hydrogens (primary N) is 1. The van der Waals surface area contributed by atoms with Gasteiger partial charge in [0, 0.05) is 35.5 Å². The summed E-state index contributed by atoms with van der Waals surface area (Å²) < 4.78 is 14.6. The van der Waals surface area contributed by atoms with Gasteiger partial charge in [-0.3, -0.25) is 4.90 Å². The summed E-state index contributed by atoms with van der Waals surface area (Å²) in [6.45, 7) is 3.03. The molecule has 0 saturated carbocycles. The summed E-state index contributed by atoms with van der Waals surface area (Å²) in [5.41, 5.74) is 9.57. The summed E-state index contributed by atoms with van der Waals surface area (Å²) in [6, 6.07) is 7.36. The normalized spacial score (nSPS) is 15.5. The van der Waals surface area contributed by atoms with Gasteiger partial charge in [0.1, 0.15) is 11.5 Å². The molecule has 118 valence electrons. The van der Waals surface area contributed by atoms with E-state index >= 15 is 0 Å². The van der Waals surface area contributed by atoms with Gasteiger partial charge in [0.25, 0.3) is 0 Å². The number of nitrogen functional groups attached to an aromatic ring is 1. The first-order chi connectivity index (χ1) is 11.2. The highest BCUT2D eigenvalue weighted by Crippen LogP contribution is 2.28. The van der Waals surface area contributed by atoms with E-state index in [-0.39, 0.29) is 5.82 Å². The third kappa shape index (κ3) is 2.68. The van der Waals surface area contributed by atoms with Crippen LogP contribution in [0, 0.1) is 5.82 Å². The fraction of sp³-hybridized carbons (Fsp3) is 0.278. The molecule has 1 saturated heterocycles. The lowest BCUT2D eigenvalue weighted by Gasteiger charge is -2.15. The molecule has 0 aliphatic carbocycles. The first-order valence-electron chi connectivity index (χ1n) is 7.94. The van der Waals surface area contributed by atoms with Crippen molar-refractivity contribution in [3.63, 3.8) is 0 Å². The Bertz CT molecular complexity index is 849. The maximum Gasteiger partial charge on any atom is 0.139 e. The Labute approximate surface area is 134 Å². The monoisotopic (exact) mass is 310 g/mol. The lowest BCUT2D eigenvalue weighted by Crippen LogP contribution is -2.18. The van der Waals surface area contributed by atoms with Crippen molar-refractivity contribution in [1.29, 1.82) is 0 Å². The molecule has 1 fully saturated rings. The number of aromatic nitrogens is 2.